The first-order valence-electron chi connectivity index (χ1n) is 26.5. The Labute approximate surface area is 576 Å². The molecule has 0 aliphatic rings. The molecule has 0 aromatic heterocycles. The predicted octanol–water partition coefficient (Wildman–Crippen LogP) is 24.6. The zero-order valence-corrected chi connectivity index (χ0v) is 52.4. The van der Waals surface area contributed by atoms with Gasteiger partial charge >= 0.3 is 178 Å². The van der Waals surface area contributed by atoms with Crippen LogP contribution in [0.15, 0.2) is 24.3 Å². The van der Waals surface area contributed by atoms with E-state index in [1.807, 2.05) is 0 Å². The summed E-state index contributed by atoms with van der Waals surface area (Å²) in [6, 6.07) is -15.5. The number of alkyl halides is 63. The van der Waals surface area contributed by atoms with Gasteiger partial charge in [0.05, 0.1) is 8.07 Å². The number of halogens is 63. The molecule has 0 N–H and O–H groups in total. The van der Waals surface area contributed by atoms with Gasteiger partial charge in [0.2, 0.25) is 5.12 Å². The number of rotatable bonds is 37. The van der Waals surface area contributed by atoms with Gasteiger partial charge in [0, 0.05) is 30.6 Å². The molecule has 0 radical (unpaired) electrons. The molecule has 0 saturated carbocycles. The van der Waals surface area contributed by atoms with Crippen molar-refractivity contribution in [2.45, 2.75) is 229 Å². The van der Waals surface area contributed by atoms with E-state index < -0.39 is 270 Å². The van der Waals surface area contributed by atoms with Gasteiger partial charge in [-0.2, -0.15) is 277 Å². The minimum absolute atomic E-state index is 0.217. The SMILES string of the molecule is CCCSC(=O)c1ccc([Si](CCC(F)(F)C(F)(F)C(F)(F)C(F)(F)C(F)(F)C(F)(F)C(F)(F)C(F)(F)C(F)(F)C(F)(F)F)(CCC(F)(F)C(F)(F)C(F)(F)C(F)(F)C(F)(F)C(F)(F)C(F)(F)C(F)(F)C(F)(F)C(F)(F)F)CCC(F)(F)C(F)(F)C(F)(F)C(F)(F)C(F)(F)C(F)(F)C(F)(F)C(F)(F)C(F)(F)C(F)(F)F)cc1. The second-order valence-corrected chi connectivity index (χ2v) is 28.6. The Kier molecular flexibility index (Phi) is 26.6. The van der Waals surface area contributed by atoms with Crippen molar-refractivity contribution in [1.29, 1.82) is 0 Å². The van der Waals surface area contributed by atoms with E-state index in [2.05, 4.69) is 0 Å². The van der Waals surface area contributed by atoms with Crippen molar-refractivity contribution in [3.63, 3.8) is 0 Å². The summed E-state index contributed by atoms with van der Waals surface area (Å²) in [5, 5.41) is -4.51. The monoisotopic (exact) mass is 1850 g/mol. The Balaban J connectivity index is 5.07. The molecule has 0 bridgehead atoms. The van der Waals surface area contributed by atoms with Crippen LogP contribution < -0.4 is 5.19 Å². The van der Waals surface area contributed by atoms with Gasteiger partial charge in [-0.05, 0) is 24.6 Å². The molecule has 0 aliphatic heterocycles. The van der Waals surface area contributed by atoms with Crippen molar-refractivity contribution in [2.75, 3.05) is 5.75 Å². The van der Waals surface area contributed by atoms with E-state index in [-0.39, 0.29) is 18.2 Å². The summed E-state index contributed by atoms with van der Waals surface area (Å²) in [5.74, 6) is -264. The van der Waals surface area contributed by atoms with E-state index >= 15 is 79.0 Å². The summed E-state index contributed by atoms with van der Waals surface area (Å²) in [7, 11) is -8.27. The van der Waals surface area contributed by atoms with Crippen LogP contribution >= 0.6 is 11.8 Å². The van der Waals surface area contributed by atoms with Crippen molar-refractivity contribution in [3.8, 4) is 0 Å². The zero-order chi connectivity index (χ0) is 91.4. The van der Waals surface area contributed by atoms with Crippen molar-refractivity contribution in [3.05, 3.63) is 29.8 Å². The van der Waals surface area contributed by atoms with Crippen LogP contribution in [0.25, 0.3) is 0 Å². The summed E-state index contributed by atoms with van der Waals surface area (Å²) in [6.45, 7) is 1.03. The maximum Gasteiger partial charge on any atom is 0.460 e. The van der Waals surface area contributed by atoms with E-state index in [9.17, 15) is 202 Å². The molecule has 0 amide bonds. The largest absolute Gasteiger partial charge is 0.460 e. The van der Waals surface area contributed by atoms with Crippen LogP contribution in [0.4, 0.5) is 277 Å². The molecule has 1 rings (SSSR count). The van der Waals surface area contributed by atoms with Crippen LogP contribution in [0.2, 0.25) is 18.1 Å². The van der Waals surface area contributed by atoms with Gasteiger partial charge in [-0.15, -0.1) is 0 Å². The molecule has 112 heavy (non-hydrogen) atoms. The fraction of sp³-hybridized carbons (Fsp3) is 0.848. The minimum Gasteiger partial charge on any atom is -0.282 e. The van der Waals surface area contributed by atoms with Gasteiger partial charge in [-0.3, -0.25) is 4.79 Å². The lowest BCUT2D eigenvalue weighted by Crippen LogP contribution is -2.77. The molecule has 1 aromatic rings. The highest BCUT2D eigenvalue weighted by atomic mass is 32.2. The molecule has 0 spiro atoms. The first-order valence-corrected chi connectivity index (χ1v) is 30.1. The number of carbonyl (C=O) groups is 1. The summed E-state index contributed by atoms with van der Waals surface area (Å²) in [6.07, 6.45) is -41.2. The first-order chi connectivity index (χ1) is 47.8. The number of carbonyl (C=O) groups excluding carboxylic acids is 1. The third-order valence-electron chi connectivity index (χ3n) is 15.7. The Bertz CT molecular complexity index is 3130. The molecule has 0 fully saturated rings. The molecule has 0 unspecified atom stereocenters. The molecule has 664 valence electrons. The van der Waals surface area contributed by atoms with Crippen LogP contribution in [-0.2, 0) is 0 Å². The molecular weight excluding hydrogens is 1830 g/mol. The second-order valence-electron chi connectivity index (χ2n) is 22.9. The first kappa shape index (κ1) is 105. The predicted molar refractivity (Wildman–Crippen MR) is 239 cm³/mol. The molecule has 66 heteroatoms. The van der Waals surface area contributed by atoms with Gasteiger partial charge in [0.25, 0.3) is 0 Å². The van der Waals surface area contributed by atoms with E-state index in [1.165, 1.54) is 0 Å². The Morgan fingerprint density at radius 3 is 0.518 bits per heavy atom. The van der Waals surface area contributed by atoms with Crippen molar-refractivity contribution >= 4 is 30.1 Å². The van der Waals surface area contributed by atoms with E-state index in [4.69, 9.17) is 0 Å². The lowest BCUT2D eigenvalue weighted by Gasteiger charge is -2.45. The van der Waals surface area contributed by atoms with Gasteiger partial charge in [0.15, 0.2) is 0 Å². The third-order valence-corrected chi connectivity index (χ3v) is 21.9. The number of thioether (sulfide) groups is 1. The minimum atomic E-state index is -10.3. The molecule has 0 atom stereocenters. The zero-order valence-electron chi connectivity index (χ0n) is 50.6. The lowest BCUT2D eigenvalue weighted by atomic mass is 9.86. The molecule has 0 aliphatic carbocycles. The number of hydrogen-bond acceptors (Lipinski definition) is 2. The maximum absolute atomic E-state index is 15.8. The number of hydrogen-bond donors (Lipinski definition) is 0. The van der Waals surface area contributed by atoms with Crippen LogP contribution in [-0.4, -0.2) is 197 Å². The van der Waals surface area contributed by atoms with E-state index in [0.717, 1.165) is 6.92 Å². The Morgan fingerprint density at radius 1 is 0.232 bits per heavy atom. The summed E-state index contributed by atoms with van der Waals surface area (Å²) < 4.78 is 900. The topological polar surface area (TPSA) is 17.1 Å². The van der Waals surface area contributed by atoms with Gasteiger partial charge < -0.3 is 0 Å². The molecular formula is C46H23F63OSSi. The highest BCUT2D eigenvalue weighted by molar-refractivity contribution is 8.14. The quantitative estimate of drug-likeness (QED) is 0.0488. The Hall–Kier alpha value is -4.95. The summed E-state index contributed by atoms with van der Waals surface area (Å²) >= 11 is -0.217. The summed E-state index contributed by atoms with van der Waals surface area (Å²) in [4.78, 5) is 12.6. The normalized spacial score (nSPS) is 16.8. The fourth-order valence-electron chi connectivity index (χ4n) is 8.48. The number of benzene rings is 1. The van der Waals surface area contributed by atoms with Crippen molar-refractivity contribution in [2.24, 2.45) is 0 Å². The third kappa shape index (κ3) is 14.2. The smallest absolute Gasteiger partial charge is 0.282 e. The fourth-order valence-corrected chi connectivity index (χ4v) is 14.0. The maximum atomic E-state index is 15.8. The molecule has 0 heterocycles. The van der Waals surface area contributed by atoms with Gasteiger partial charge in [-0.1, -0.05) is 48.1 Å². The average molecular weight is 1850 g/mol. The van der Waals surface area contributed by atoms with E-state index in [0.29, 0.717) is 0 Å². The second kappa shape index (κ2) is 28.4. The van der Waals surface area contributed by atoms with E-state index in [1.54, 1.807) is 0 Å². The van der Waals surface area contributed by atoms with Gasteiger partial charge in [-0.25, -0.2) is 0 Å². The molecule has 1 nitrogen and oxygen atoms in total. The van der Waals surface area contributed by atoms with Crippen LogP contribution in [0, 0.1) is 0 Å². The average Bonchev–Trinajstić information content (AvgIpc) is 0.694. The van der Waals surface area contributed by atoms with Crippen LogP contribution in [0.1, 0.15) is 43.0 Å². The van der Waals surface area contributed by atoms with Crippen molar-refractivity contribution in [1.82, 2.24) is 0 Å². The molecule has 1 aromatic carbocycles. The Morgan fingerprint density at radius 2 is 0.375 bits per heavy atom. The lowest BCUT2D eigenvalue weighted by molar-refractivity contribution is -0.474. The highest BCUT2D eigenvalue weighted by Gasteiger charge is 3.02. The van der Waals surface area contributed by atoms with Gasteiger partial charge in [0.1, 0.15) is 0 Å². The molecule has 0 saturated heterocycles. The van der Waals surface area contributed by atoms with Crippen LogP contribution in [0.3, 0.4) is 0 Å². The van der Waals surface area contributed by atoms with Crippen molar-refractivity contribution < 1.29 is 281 Å². The van der Waals surface area contributed by atoms with Crippen LogP contribution in [0.5, 0.6) is 0 Å². The summed E-state index contributed by atoms with van der Waals surface area (Å²) in [5.41, 5.74) is -1.49. The standard InChI is InChI=1S/C46H23F63OSSi/c1-2-10-111-16(110)14-3-5-15(6-4-14)112(11-7-17(47,48)20(53,54)23(59,60)26(65,66)29(71,72)32(77,78)35(83,84)38(89,90)41(95,96)44(101,102)103,12-8-18(49,50)21(55,56)24(61,62)27(67,68)30(73,74)33(79,80)36(85,86)39(91,92)42(97,98)45(104,105)106)13-9-19(51,52)22(57,58)25(63,64)28(69,70)31(75,76)34(81,82)37(87,88)40(93,94)43(99,100)46(107,108)109/h3-6H,2,7-13H2,1H3. The highest BCUT2D eigenvalue weighted by Crippen LogP contribution is 2.72.